The van der Waals surface area contributed by atoms with Crippen molar-refractivity contribution in [2.45, 2.75) is 203 Å². The molecule has 0 radical (unpaired) electrons. The van der Waals surface area contributed by atoms with Crippen LogP contribution in [0.5, 0.6) is 0 Å². The minimum atomic E-state index is -5.20. The highest BCUT2D eigenvalue weighted by molar-refractivity contribution is 7.98. The van der Waals surface area contributed by atoms with Crippen LogP contribution in [0.2, 0.25) is 0 Å². The van der Waals surface area contributed by atoms with E-state index in [-0.39, 0.29) is 85.4 Å². The Balaban J connectivity index is 0.000000219. The van der Waals surface area contributed by atoms with E-state index in [2.05, 4.69) is 15.0 Å². The van der Waals surface area contributed by atoms with Gasteiger partial charge in [0.2, 0.25) is 17.7 Å². The molecule has 3 aromatic heterocycles. The van der Waals surface area contributed by atoms with Crippen molar-refractivity contribution in [3.05, 3.63) is 350 Å². The fraction of sp³-hybridized carbons (Fsp3) is 0.378. The molecule has 3 aliphatic carbocycles. The quantitative estimate of drug-likeness (QED) is 0.0202. The van der Waals surface area contributed by atoms with Crippen molar-refractivity contribution in [3.63, 3.8) is 0 Å². The van der Waals surface area contributed by atoms with Crippen LogP contribution < -0.4 is 16.7 Å². The number of benzene rings is 9. The summed E-state index contributed by atoms with van der Waals surface area (Å²) in [6.45, 7) is -26.6. The second kappa shape index (κ2) is 50.3. The average molecular weight is 2080 g/mol. The van der Waals surface area contributed by atoms with E-state index in [1.54, 1.807) is 12.1 Å². The normalized spacial score (nSPS) is 19.7. The van der Waals surface area contributed by atoms with Crippen LogP contribution in [-0.4, -0.2) is 154 Å². The molecule has 12 aromatic rings. The van der Waals surface area contributed by atoms with Gasteiger partial charge < -0.3 is 43.1 Å². The standard InChI is InChI=1S/3C37H40F4N4O2S/c1-4-43(5-2)18-19-44(22-26-6-10-28(11-7-26)29-12-14-30(15-13-29)37(39,40)41)34(46)23-45-33-21-25(3)20-32(33)35(47)42-36(45)48-24-27-8-16-31(38)17-9-27;1-4-43(5-2)21-22-44(25(3)27-11-13-28(14-12-27)29-15-17-30(18-16-29)37(39,40)41)34(46)23-45-33-8-6-7-32(33)35(47)42-36(45)48-24-26-9-19-31(38)20-10-26;1-4-43(5-2)19-20-44(22-26-9-13-28(14-10-26)29-15-18-32(25(3)21-29)37(39,40)41)34(46)23-45-33-8-6-7-31(33)35(47)42-36(45)48-24-27-11-16-30(38)17-12-27/h6-17,25H,4-5,18-24H2,1-3H3;9-20,25H,4-8,21-24H2,1-3H3;9-18,21H,4-8,19-20,22-24H2,1-3H3/i4D2,5D2,20D2,21D2,22D2,23D2,25D;4D2,5D2,23D2,25D;4D2,5D2,9D,10D,13D,14D,15D,18D,21D,22D2,23D2. The maximum absolute atomic E-state index is 15.0. The molecule has 3 amide bonds. The number of fused-ring (bicyclic) bond motifs is 3. The van der Waals surface area contributed by atoms with Crippen molar-refractivity contribution in [2.24, 2.45) is 5.89 Å². The third-order valence-corrected chi connectivity index (χ3v) is 25.7. The van der Waals surface area contributed by atoms with Crippen LogP contribution >= 0.6 is 35.3 Å². The number of amides is 3. The fourth-order valence-electron chi connectivity index (χ4n) is 15.1. The van der Waals surface area contributed by atoms with E-state index in [1.165, 1.54) is 116 Å². The van der Waals surface area contributed by atoms with Gasteiger partial charge in [0.1, 0.15) is 36.9 Å². The van der Waals surface area contributed by atoms with Gasteiger partial charge in [-0.3, -0.25) is 28.8 Å². The first-order valence-corrected chi connectivity index (χ1v) is 47.6. The molecule has 0 fully saturated rings. The number of carbonyl (C=O) groups is 3. The SMILES string of the molecule is [2H]C([2H])(C)N(CCN(C(=O)C([2H])([2H])n1c(SCc2ccc(F)cc2)nc(=O)c2c1C([2H])([2H])C([2H])(C)C2([2H])[2H])C([2H])([2H])c1ccc(-c2ccc(C(F)(F)F)cc2)cc1)C([2H])([2H])C.[2H]C([2H])(C)N(CCN(C(=O)C([2H])([2H])n1c(SCc2ccc(F)cc2)nc(=O)c2c1CCC2)C([2H])(C)c1ccc(-c2ccc(C(F)(F)F)cc2)cc1)C([2H])([2H])C.[2H]c1c([2H])c(C([2H])([2H])N(CCN(C([2H])([2H])C)C([2H])([2H])C)C(=O)C([2H])([2H])n2c(SCc3ccc(F)cc3)nc(=O)c3c2CCC3)c([2H])c([2H])c1-c1c([2H])c([2H])c(C(F)(F)F)c(C)c1[2H]. The van der Waals surface area contributed by atoms with E-state index < -0.39 is 303 Å². The summed E-state index contributed by atoms with van der Waals surface area (Å²) in [7, 11) is 0. The molecule has 9 aromatic carbocycles. The number of halogens is 12. The number of rotatable bonds is 39. The molecule has 33 heteroatoms. The van der Waals surface area contributed by atoms with Crippen molar-refractivity contribution in [2.75, 3.05) is 78.2 Å². The maximum Gasteiger partial charge on any atom is 0.416 e. The Kier molecular flexibility index (Phi) is 24.7. The largest absolute Gasteiger partial charge is 0.416 e. The molecule has 15 rings (SSSR count). The molecule has 762 valence electrons. The summed E-state index contributed by atoms with van der Waals surface area (Å²) in [6, 6.07) is 24.4. The summed E-state index contributed by atoms with van der Waals surface area (Å²) >= 11 is 2.34. The predicted molar refractivity (Wildman–Crippen MR) is 544 cm³/mol. The molecule has 2 unspecified atom stereocenters. The van der Waals surface area contributed by atoms with E-state index in [0.29, 0.717) is 89.2 Å². The molecule has 0 aliphatic heterocycles. The van der Waals surface area contributed by atoms with E-state index in [4.69, 9.17) is 32.9 Å². The van der Waals surface area contributed by atoms with Gasteiger partial charge in [0.25, 0.3) is 16.7 Å². The molecule has 2 atom stereocenters. The Bertz CT molecular complexity index is 8370. The Morgan fingerprint density at radius 2 is 0.771 bits per heavy atom. The summed E-state index contributed by atoms with van der Waals surface area (Å²) in [6.07, 6.45) is -19.1. The average Bonchev–Trinajstić information content (AvgIpc) is 1.51. The van der Waals surface area contributed by atoms with Crippen LogP contribution in [0.4, 0.5) is 52.7 Å². The number of likely N-dealkylation sites (N-methyl/N-ethyl adjacent to an activating group) is 3. The first-order valence-electron chi connectivity index (χ1n) is 62.1. The molecule has 18 nitrogen and oxygen atoms in total. The minimum Gasteiger partial charge on any atom is -0.336 e. The van der Waals surface area contributed by atoms with Crippen LogP contribution in [0.1, 0.15) is 212 Å². The molecule has 0 bridgehead atoms. The van der Waals surface area contributed by atoms with Gasteiger partial charge in [-0.1, -0.05) is 229 Å². The first-order chi connectivity index (χ1) is 81.9. The van der Waals surface area contributed by atoms with Crippen LogP contribution in [0.25, 0.3) is 33.4 Å². The monoisotopic (exact) mass is 2080 g/mol. The Morgan fingerprint density at radius 3 is 1.16 bits per heavy atom. The highest BCUT2D eigenvalue weighted by Crippen LogP contribution is 2.39. The second-order valence-electron chi connectivity index (χ2n) is 32.1. The number of aromatic nitrogens is 6. The molecule has 144 heavy (non-hydrogen) atoms. The summed E-state index contributed by atoms with van der Waals surface area (Å²) < 4.78 is 471. The lowest BCUT2D eigenvalue weighted by Crippen LogP contribution is -2.42. The fourth-order valence-corrected chi connectivity index (χ4v) is 17.8. The van der Waals surface area contributed by atoms with Crippen molar-refractivity contribution in [1.82, 2.24) is 58.1 Å². The first kappa shape index (κ1) is 70.8. The van der Waals surface area contributed by atoms with Gasteiger partial charge in [0.05, 0.1) is 47.4 Å². The lowest BCUT2D eigenvalue weighted by Gasteiger charge is -2.33. The van der Waals surface area contributed by atoms with Gasteiger partial charge in [-0.2, -0.15) is 54.5 Å². The molecule has 0 saturated carbocycles. The number of carbonyl (C=O) groups excluding carboxylic acids is 3. The molecule has 0 N–H and O–H groups in total. The van der Waals surface area contributed by atoms with Gasteiger partial charge in [0, 0.05) is 127 Å². The number of hydrogen-bond donors (Lipinski definition) is 0. The van der Waals surface area contributed by atoms with E-state index >= 15 is 0 Å². The van der Waals surface area contributed by atoms with Crippen LogP contribution in [0, 0.1) is 30.3 Å². The van der Waals surface area contributed by atoms with Crippen LogP contribution in [-0.2, 0) is 121 Å². The van der Waals surface area contributed by atoms with E-state index in [0.717, 1.165) is 146 Å². The highest BCUT2D eigenvalue weighted by atomic mass is 32.2. The third kappa shape index (κ3) is 29.1. The Labute approximate surface area is 893 Å². The summed E-state index contributed by atoms with van der Waals surface area (Å²) in [5.41, 5.74) is -8.55. The number of alkyl halides is 9. The smallest absolute Gasteiger partial charge is 0.336 e. The van der Waals surface area contributed by atoms with Gasteiger partial charge >= 0.3 is 18.5 Å². The third-order valence-electron chi connectivity index (χ3n) is 22.7. The van der Waals surface area contributed by atoms with Gasteiger partial charge in [0.15, 0.2) is 15.5 Å². The lowest BCUT2D eigenvalue weighted by atomic mass is 9.98. The maximum atomic E-state index is 15.0. The molecule has 0 spiro atoms. The molecular formula is C111H120F12N12O6S3. The van der Waals surface area contributed by atoms with Crippen molar-refractivity contribution in [1.29, 1.82) is 0 Å². The van der Waals surface area contributed by atoms with Crippen LogP contribution in [0.3, 0.4) is 0 Å². The number of thioether (sulfide) groups is 3. The highest BCUT2D eigenvalue weighted by Gasteiger charge is 2.36. The van der Waals surface area contributed by atoms with Gasteiger partial charge in [-0.15, -0.1) is 0 Å². The predicted octanol–water partition coefficient (Wildman–Crippen LogP) is 22.8. The van der Waals surface area contributed by atoms with Gasteiger partial charge in [-0.25, -0.2) is 13.2 Å². The van der Waals surface area contributed by atoms with E-state index in [9.17, 15) is 96.5 Å². The summed E-state index contributed by atoms with van der Waals surface area (Å²) in [5.74, 6) is -9.33. The number of hydrogen-bond acceptors (Lipinski definition) is 15. The summed E-state index contributed by atoms with van der Waals surface area (Å²) in [5, 5.41) is -1.16. The molecule has 3 heterocycles. The summed E-state index contributed by atoms with van der Waals surface area (Å²) in [4.78, 5) is 100. The van der Waals surface area contributed by atoms with E-state index in [1.807, 2.05) is 0 Å². The molecule has 0 saturated heterocycles. The zero-order valence-electron chi connectivity index (χ0n) is 114. The van der Waals surface area contributed by atoms with Crippen molar-refractivity contribution in [3.8, 4) is 33.4 Å². The molecule has 3 aliphatic rings. The zero-order valence-corrected chi connectivity index (χ0v) is 81.3. The zero-order chi connectivity index (χ0) is 135. The van der Waals surface area contributed by atoms with Gasteiger partial charge in [-0.05, 0) is 249 Å². The Morgan fingerprint density at radius 1 is 0.424 bits per heavy atom. The molecular weight excluding hydrogens is 1920 g/mol. The second-order valence-corrected chi connectivity index (χ2v) is 34.9. The van der Waals surface area contributed by atoms with Crippen LogP contribution in [0.15, 0.2) is 242 Å². The number of nitrogens with zero attached hydrogens (tertiary/aromatic N) is 12. The lowest BCUT2D eigenvalue weighted by molar-refractivity contribution is -0.138. The van der Waals surface area contributed by atoms with Crippen molar-refractivity contribution < 1.29 is 115 Å². The van der Waals surface area contributed by atoms with Crippen molar-refractivity contribution >= 4 is 53.0 Å². The Hall–Kier alpha value is -11.9. The minimum absolute atomic E-state index is 0.0258. The topological polar surface area (TPSA) is 175 Å².